The van der Waals surface area contributed by atoms with Crippen LogP contribution in [0, 0.1) is 19.8 Å². The van der Waals surface area contributed by atoms with Gasteiger partial charge in [-0.15, -0.1) is 0 Å². The van der Waals surface area contributed by atoms with Gasteiger partial charge in [0, 0.05) is 36.3 Å². The molecule has 6 heterocycles. The number of ether oxygens (including phenoxy) is 7. The molecule has 692 valence electrons. The van der Waals surface area contributed by atoms with Crippen LogP contribution in [0.5, 0.6) is 40.2 Å². The van der Waals surface area contributed by atoms with Gasteiger partial charge in [-0.25, -0.2) is 14.4 Å². The Balaban J connectivity index is 0.916. The summed E-state index contributed by atoms with van der Waals surface area (Å²) in [5.41, 5.74) is 13.1. The van der Waals surface area contributed by atoms with Gasteiger partial charge in [-0.1, -0.05) is 94.8 Å². The number of carbonyl (C=O) groups is 10. The summed E-state index contributed by atoms with van der Waals surface area (Å²) in [4.78, 5) is 139. The third-order valence-electron chi connectivity index (χ3n) is 23.6. The van der Waals surface area contributed by atoms with Crippen LogP contribution in [-0.2, 0) is 70.3 Å². The van der Waals surface area contributed by atoms with Crippen molar-refractivity contribution in [2.75, 3.05) is 32.1 Å². The maximum Gasteiger partial charge on any atom is 0.408 e. The molecule has 6 aliphatic rings. The number of likely N-dealkylation sites (N-methyl/N-ethyl adjacent to an activating group) is 1. The van der Waals surface area contributed by atoms with E-state index in [1.54, 1.807) is 20.8 Å². The smallest absolute Gasteiger partial charge is 0.408 e. The van der Waals surface area contributed by atoms with Crippen molar-refractivity contribution in [3.8, 4) is 51.4 Å². The molecule has 3 fully saturated rings. The SMILES string of the molecule is CCCCCCc1ccc(NC(=O)NCCCCCCNCc2c(O)cc3c(c2C)-c2cc(ccc2O)[C@@H](C)C(=O)N[C@@H]([C@H](O)c2ccc(Oc4cc5cc(c4O[C@@H]4O[C@H](CO)[C@@H](O)[C@H](O)[C@H]4O[C@H]4C[C@]6(C)NC(=O)O[C@@H]6[C@H](C)O4)Oc4ccc(cc4C)[C@@H](O)[C@@H](NC(=O)[C@@H](CC(C)C)NC)C(=O)N[C@@H](CC(N)=O)C(=O)N[C@H]5C(N)=O)c(Cl)c2)C(=O)N[C@@H]3C(=O)O)cc1. The van der Waals surface area contributed by atoms with E-state index in [0.717, 1.165) is 56.0 Å². The van der Waals surface area contributed by atoms with Crippen LogP contribution in [0.1, 0.15) is 192 Å². The van der Waals surface area contributed by atoms with E-state index in [9.17, 15) is 84.0 Å². The van der Waals surface area contributed by atoms with Crippen LogP contribution in [0.4, 0.5) is 15.3 Å². The quantitative estimate of drug-likeness (QED) is 0.0205. The summed E-state index contributed by atoms with van der Waals surface area (Å²) < 4.78 is 44.6. The second-order valence-electron chi connectivity index (χ2n) is 33.7. The van der Waals surface area contributed by atoms with E-state index in [-0.39, 0.29) is 98.8 Å². The number of primary amides is 2. The van der Waals surface area contributed by atoms with Crippen LogP contribution in [0.2, 0.25) is 5.02 Å². The van der Waals surface area contributed by atoms with Crippen LogP contribution in [-0.4, -0.2) is 206 Å². The lowest BCUT2D eigenvalue weighted by Gasteiger charge is -2.46. The van der Waals surface area contributed by atoms with Gasteiger partial charge in [0.25, 0.3) is 0 Å². The summed E-state index contributed by atoms with van der Waals surface area (Å²) in [7, 11) is 1.51. The van der Waals surface area contributed by atoms with Crippen molar-refractivity contribution in [2.45, 2.75) is 248 Å². The molecule has 38 heteroatoms. The predicted octanol–water partition coefficient (Wildman–Crippen LogP) is 6.17. The monoisotopic (exact) mass is 1800 g/mol. The Hall–Kier alpha value is -11.5. The number of aliphatic hydroxyl groups is 5. The number of halogens is 1. The molecule has 6 aliphatic heterocycles. The third-order valence-corrected chi connectivity index (χ3v) is 23.9. The van der Waals surface area contributed by atoms with Crippen molar-refractivity contribution < 1.29 is 122 Å². The summed E-state index contributed by atoms with van der Waals surface area (Å²) >= 11 is 7.22. The number of unbranched alkanes of at least 4 members (excludes halogenated alkanes) is 6. The number of fused-ring (bicyclic) bond motifs is 14. The van der Waals surface area contributed by atoms with E-state index in [1.165, 1.54) is 88.2 Å². The number of aryl methyl sites for hydroxylation is 2. The fraction of sp³-hybridized carbons (Fsp3) is 0.489. The zero-order valence-electron chi connectivity index (χ0n) is 72.5. The van der Waals surface area contributed by atoms with Crippen LogP contribution < -0.4 is 78.8 Å². The van der Waals surface area contributed by atoms with E-state index >= 15 is 4.79 Å². The molecule has 0 unspecified atom stereocenters. The van der Waals surface area contributed by atoms with Gasteiger partial charge in [-0.2, -0.15) is 0 Å². The standard InChI is InChI=1S/C90H115ClN12O25/c1-10-11-12-15-18-47-19-24-52(25-20-47)97-88(120)96-30-17-14-13-16-29-95-40-55-45(6)68-53-33-48(21-26-59(53)105)44(5)81(113)101-72(85(117)100-70(86(118)119)54(68)37-60(55)106)74(109)50-23-28-62(56(91)34-50)124-64-36-51-35-63(77(64)127-87-78(76(111)75(110)65(41-104)125-87)126-67-39-90(8)79(46(7)122-67)128-89(121)103-90)123-61-27-22-49(32-43(61)4)73(108)71(102-82(114)57(94-9)31-42(2)3)84(116)98-58(38-66(92)107)83(115)99-69(51)80(93)112/h19-28,32-37,42,44,46,57-58,65,67,69-76,78-79,87,94-95,104-106,108-111H,10-18,29-31,38-41H2,1-9H3,(H2,92,107)(H2,93,112)(H,98,116)(H,99,115)(H,100,117)(H,101,113)(H,102,114)(H,103,121)(H,118,119)(H2,96,97,120)/t44-,46+,57-,58+,65-,67+,69-,70+,71-,72+,73-,74-,75-,76+,78-,79-,87+,90+/m1/s1. The highest BCUT2D eigenvalue weighted by Gasteiger charge is 2.56. The van der Waals surface area contributed by atoms with Gasteiger partial charge in [-0.05, 0) is 203 Å². The van der Waals surface area contributed by atoms with Gasteiger partial charge in [0.2, 0.25) is 53.4 Å². The Kier molecular flexibility index (Phi) is 32.7. The highest BCUT2D eigenvalue weighted by molar-refractivity contribution is 6.32. The summed E-state index contributed by atoms with van der Waals surface area (Å²) in [5.74, 6) is -13.6. The molecule has 6 aromatic rings. The number of amides is 10. The highest BCUT2D eigenvalue weighted by atomic mass is 35.5. The van der Waals surface area contributed by atoms with Gasteiger partial charge in [0.15, 0.2) is 36.0 Å². The number of carboxylic acids is 1. The molecule has 128 heavy (non-hydrogen) atoms. The minimum Gasteiger partial charge on any atom is -0.508 e. The summed E-state index contributed by atoms with van der Waals surface area (Å²) in [6, 6.07) is 11.6. The van der Waals surface area contributed by atoms with Crippen molar-refractivity contribution in [1.82, 2.24) is 47.9 Å². The Morgan fingerprint density at radius 1 is 0.742 bits per heavy atom. The number of nitrogens with two attached hydrogens (primary N) is 2. The number of hydrogen-bond donors (Lipinski definition) is 20. The van der Waals surface area contributed by atoms with Gasteiger partial charge < -0.3 is 139 Å². The zero-order valence-corrected chi connectivity index (χ0v) is 73.3. The molecule has 0 radical (unpaired) electrons. The fourth-order valence-electron chi connectivity index (χ4n) is 16.5. The number of phenolic OH excluding ortho intramolecular Hbond substituents is 2. The van der Waals surface area contributed by atoms with Crippen molar-refractivity contribution in [1.29, 1.82) is 0 Å². The number of carboxylic acid groups (broad SMARTS) is 1. The van der Waals surface area contributed by atoms with Gasteiger partial charge >= 0.3 is 18.1 Å². The average molecular weight is 1800 g/mol. The first-order valence-corrected chi connectivity index (χ1v) is 43.2. The molecular weight excluding hydrogens is 1680 g/mol. The van der Waals surface area contributed by atoms with E-state index in [4.69, 9.17) is 56.2 Å². The van der Waals surface area contributed by atoms with Crippen molar-refractivity contribution in [2.24, 2.45) is 17.4 Å². The van der Waals surface area contributed by atoms with Gasteiger partial charge in [0.1, 0.15) is 77.7 Å². The van der Waals surface area contributed by atoms with Gasteiger partial charge in [-0.3, -0.25) is 33.6 Å². The van der Waals surface area contributed by atoms with E-state index in [2.05, 4.69) is 60.1 Å². The number of aliphatic hydroxyl groups excluding tert-OH is 5. The molecule has 12 rings (SSSR count). The van der Waals surface area contributed by atoms with Gasteiger partial charge in [0.05, 0.1) is 41.7 Å². The first-order chi connectivity index (χ1) is 60.9. The fourth-order valence-corrected chi connectivity index (χ4v) is 16.7. The summed E-state index contributed by atoms with van der Waals surface area (Å²) in [6.07, 6.45) is -9.46. The lowest BCUT2D eigenvalue weighted by atomic mass is 9.85. The second kappa shape index (κ2) is 43.1. The van der Waals surface area contributed by atoms with Crippen LogP contribution >= 0.6 is 11.6 Å². The molecule has 37 nitrogen and oxygen atoms in total. The Bertz CT molecular complexity index is 5070. The number of aliphatic carboxylic acids is 1. The first-order valence-electron chi connectivity index (χ1n) is 42.8. The van der Waals surface area contributed by atoms with Crippen LogP contribution in [0.15, 0.2) is 97.1 Å². The number of nitrogens with one attached hydrogen (secondary N) is 10. The number of phenols is 2. The molecule has 22 N–H and O–H groups in total. The molecule has 0 spiro atoms. The molecule has 6 aromatic carbocycles. The number of aromatic hydroxyl groups is 2. The van der Waals surface area contributed by atoms with E-state index < -0.39 is 198 Å². The van der Waals surface area contributed by atoms with Crippen LogP contribution in [0.25, 0.3) is 11.1 Å². The number of carbonyl (C=O) groups excluding carboxylic acids is 9. The second-order valence-corrected chi connectivity index (χ2v) is 34.1. The Morgan fingerprint density at radius 3 is 2.12 bits per heavy atom. The minimum atomic E-state index is -2.13. The Labute approximate surface area is 744 Å². The number of hydrogen-bond acceptors (Lipinski definition) is 26. The van der Waals surface area contributed by atoms with Crippen molar-refractivity contribution in [3.63, 3.8) is 0 Å². The maximum atomic E-state index is 15.1. The molecular formula is C90H115ClN12O25. The number of urea groups is 1. The average Bonchev–Trinajstić information content (AvgIpc) is 0.941. The number of rotatable bonds is 33. The third kappa shape index (κ3) is 23.3. The molecule has 10 amide bonds. The molecule has 6 bridgehead atoms. The predicted molar refractivity (Wildman–Crippen MR) is 464 cm³/mol. The minimum absolute atomic E-state index is 0.0172. The zero-order chi connectivity index (χ0) is 92.9. The molecule has 0 aliphatic carbocycles. The molecule has 3 saturated heterocycles. The van der Waals surface area contributed by atoms with Crippen LogP contribution in [0.3, 0.4) is 0 Å². The maximum absolute atomic E-state index is 15.1. The normalized spacial score (nSPS) is 25.2. The number of alkyl carbamates (subject to hydrolysis) is 1. The highest BCUT2D eigenvalue weighted by Crippen LogP contribution is 2.50. The first kappa shape index (κ1) is 97.1. The number of benzene rings is 6. The molecule has 0 saturated carbocycles. The van der Waals surface area contributed by atoms with E-state index in [1.807, 2.05) is 38.1 Å². The number of anilines is 1. The Morgan fingerprint density at radius 2 is 1.45 bits per heavy atom. The molecule has 0 aromatic heterocycles. The topological polar surface area (TPSA) is 569 Å². The largest absolute Gasteiger partial charge is 0.508 e. The van der Waals surface area contributed by atoms with Crippen molar-refractivity contribution in [3.05, 3.63) is 152 Å². The van der Waals surface area contributed by atoms with E-state index in [0.29, 0.717) is 42.7 Å². The lowest BCUT2D eigenvalue weighted by molar-refractivity contribution is -0.332. The summed E-state index contributed by atoms with van der Waals surface area (Å²) in [5, 5.41) is 121. The van der Waals surface area contributed by atoms with Crippen molar-refractivity contribution >= 4 is 76.7 Å². The molecule has 18 atom stereocenters. The lowest BCUT2D eigenvalue weighted by Crippen LogP contribution is -2.63. The summed E-state index contributed by atoms with van der Waals surface area (Å²) in [6.45, 7) is 13.8.